The van der Waals surface area contributed by atoms with Crippen molar-refractivity contribution >= 4 is 17.0 Å². The quantitative estimate of drug-likeness (QED) is 0.473. The van der Waals surface area contributed by atoms with Crippen LogP contribution in [0.25, 0.3) is 0 Å². The second kappa shape index (κ2) is 7.03. The topological polar surface area (TPSA) is 72.8 Å². The zero-order valence-electron chi connectivity index (χ0n) is 9.42. The molecule has 1 rings (SSSR count). The summed E-state index contributed by atoms with van der Waals surface area (Å²) in [6, 6.07) is 6.84. The van der Waals surface area contributed by atoms with Crippen molar-refractivity contribution in [3.63, 3.8) is 0 Å². The molecule has 0 aliphatic rings. The van der Waals surface area contributed by atoms with Crippen LogP contribution in [0.2, 0.25) is 0 Å². The summed E-state index contributed by atoms with van der Waals surface area (Å²) in [5.74, 6) is 0.396. The number of carbonyl (C=O) groups excluding carboxylic acids is 1. The molecule has 6 heteroatoms. The first-order valence-corrected chi connectivity index (χ1v) is 6.28. The van der Waals surface area contributed by atoms with Crippen LogP contribution >= 0.6 is 0 Å². The number of ether oxygens (including phenoxy) is 2. The van der Waals surface area contributed by atoms with Crippen molar-refractivity contribution in [3.8, 4) is 5.75 Å². The van der Waals surface area contributed by atoms with E-state index < -0.39 is 11.1 Å². The fourth-order valence-corrected chi connectivity index (χ4v) is 1.65. The van der Waals surface area contributed by atoms with Crippen molar-refractivity contribution in [2.75, 3.05) is 13.2 Å². The summed E-state index contributed by atoms with van der Waals surface area (Å²) in [6.07, 6.45) is 0. The highest BCUT2D eigenvalue weighted by atomic mass is 32.2. The van der Waals surface area contributed by atoms with Gasteiger partial charge in [-0.25, -0.2) is 4.21 Å². The van der Waals surface area contributed by atoms with Gasteiger partial charge in [-0.05, 0) is 17.7 Å². The standard InChI is InChI=1S/C11H14O5S/c1-9(12)15-6-7-16-11-4-2-10(3-5-11)8-17(13)14/h2-5H,6-8H2,1H3,(H,13,14). The first kappa shape index (κ1) is 13.7. The van der Waals surface area contributed by atoms with Crippen molar-refractivity contribution in [2.24, 2.45) is 0 Å². The molecule has 1 atom stereocenters. The van der Waals surface area contributed by atoms with Crippen molar-refractivity contribution < 1.29 is 23.0 Å². The molecule has 0 radical (unpaired) electrons. The Labute approximate surface area is 102 Å². The molecule has 0 amide bonds. The Hall–Kier alpha value is -1.40. The second-order valence-corrected chi connectivity index (χ2v) is 4.23. The van der Waals surface area contributed by atoms with E-state index >= 15 is 0 Å². The van der Waals surface area contributed by atoms with Crippen LogP contribution in [-0.4, -0.2) is 27.9 Å². The van der Waals surface area contributed by atoms with E-state index in [0.717, 1.165) is 5.56 Å². The molecular weight excluding hydrogens is 244 g/mol. The average Bonchev–Trinajstić information content (AvgIpc) is 2.25. The van der Waals surface area contributed by atoms with E-state index in [1.54, 1.807) is 24.3 Å². The van der Waals surface area contributed by atoms with Crippen LogP contribution in [-0.2, 0) is 26.4 Å². The van der Waals surface area contributed by atoms with Crippen LogP contribution in [0.5, 0.6) is 5.75 Å². The zero-order valence-corrected chi connectivity index (χ0v) is 10.2. The summed E-state index contributed by atoms with van der Waals surface area (Å²) in [6.45, 7) is 1.83. The van der Waals surface area contributed by atoms with E-state index in [1.165, 1.54) is 6.92 Å². The number of benzene rings is 1. The fraction of sp³-hybridized carbons (Fsp3) is 0.364. The SMILES string of the molecule is CC(=O)OCCOc1ccc(CS(=O)O)cc1. The highest BCUT2D eigenvalue weighted by Gasteiger charge is 1.99. The van der Waals surface area contributed by atoms with Gasteiger partial charge in [0.25, 0.3) is 0 Å². The number of hydrogen-bond donors (Lipinski definition) is 1. The normalized spacial score (nSPS) is 11.9. The van der Waals surface area contributed by atoms with E-state index in [4.69, 9.17) is 14.0 Å². The van der Waals surface area contributed by atoms with Gasteiger partial charge in [-0.3, -0.25) is 4.79 Å². The molecule has 1 unspecified atom stereocenters. The molecule has 0 saturated heterocycles. The van der Waals surface area contributed by atoms with Gasteiger partial charge in [0.2, 0.25) is 0 Å². The van der Waals surface area contributed by atoms with Gasteiger partial charge in [0.15, 0.2) is 11.1 Å². The van der Waals surface area contributed by atoms with Gasteiger partial charge in [0, 0.05) is 6.92 Å². The van der Waals surface area contributed by atoms with E-state index in [1.807, 2.05) is 0 Å². The minimum Gasteiger partial charge on any atom is -0.490 e. The lowest BCUT2D eigenvalue weighted by Crippen LogP contribution is -2.09. The third-order valence-electron chi connectivity index (χ3n) is 1.87. The van der Waals surface area contributed by atoms with E-state index in [9.17, 15) is 9.00 Å². The van der Waals surface area contributed by atoms with Gasteiger partial charge in [-0.15, -0.1) is 0 Å². The smallest absolute Gasteiger partial charge is 0.302 e. The lowest BCUT2D eigenvalue weighted by atomic mass is 10.2. The lowest BCUT2D eigenvalue weighted by molar-refractivity contribution is -0.141. The Kier molecular flexibility index (Phi) is 5.65. The van der Waals surface area contributed by atoms with Crippen LogP contribution in [0, 0.1) is 0 Å². The van der Waals surface area contributed by atoms with Gasteiger partial charge < -0.3 is 14.0 Å². The second-order valence-electron chi connectivity index (χ2n) is 3.30. The average molecular weight is 258 g/mol. The molecule has 5 nitrogen and oxygen atoms in total. The molecular formula is C11H14O5S. The maximum absolute atomic E-state index is 10.6. The van der Waals surface area contributed by atoms with Crippen molar-refractivity contribution in [1.82, 2.24) is 0 Å². The van der Waals surface area contributed by atoms with E-state index in [2.05, 4.69) is 0 Å². The number of carbonyl (C=O) groups is 1. The van der Waals surface area contributed by atoms with Gasteiger partial charge in [0.05, 0.1) is 5.75 Å². The Balaban J connectivity index is 2.35. The van der Waals surface area contributed by atoms with Crippen LogP contribution in [0.4, 0.5) is 0 Å². The number of rotatable bonds is 6. The molecule has 0 fully saturated rings. The van der Waals surface area contributed by atoms with Crippen molar-refractivity contribution in [3.05, 3.63) is 29.8 Å². The highest BCUT2D eigenvalue weighted by Crippen LogP contribution is 2.13. The number of hydrogen-bond acceptors (Lipinski definition) is 4. The van der Waals surface area contributed by atoms with E-state index in [0.29, 0.717) is 5.75 Å². The molecule has 0 heterocycles. The minimum atomic E-state index is -1.83. The summed E-state index contributed by atoms with van der Waals surface area (Å²) < 4.78 is 29.3. The molecule has 1 aromatic carbocycles. The monoisotopic (exact) mass is 258 g/mol. The molecule has 1 aromatic rings. The summed E-state index contributed by atoms with van der Waals surface area (Å²) in [4.78, 5) is 10.5. The molecule has 0 bridgehead atoms. The first-order valence-electron chi connectivity index (χ1n) is 5.00. The van der Waals surface area contributed by atoms with Crippen LogP contribution in [0.1, 0.15) is 12.5 Å². The Morgan fingerprint density at radius 3 is 2.47 bits per heavy atom. The van der Waals surface area contributed by atoms with Gasteiger partial charge in [-0.2, -0.15) is 0 Å². The highest BCUT2D eigenvalue weighted by molar-refractivity contribution is 7.78. The number of esters is 1. The summed E-state index contributed by atoms with van der Waals surface area (Å²) in [7, 11) is 0. The van der Waals surface area contributed by atoms with Gasteiger partial charge >= 0.3 is 5.97 Å². The fourth-order valence-electron chi connectivity index (χ4n) is 1.17. The minimum absolute atomic E-state index is 0.105. The largest absolute Gasteiger partial charge is 0.490 e. The predicted molar refractivity (Wildman–Crippen MR) is 63.0 cm³/mol. The van der Waals surface area contributed by atoms with Gasteiger partial charge in [0.1, 0.15) is 19.0 Å². The molecule has 0 aromatic heterocycles. The third kappa shape index (κ3) is 6.03. The summed E-state index contributed by atoms with van der Waals surface area (Å²) in [5, 5.41) is 0. The Morgan fingerprint density at radius 2 is 1.94 bits per heavy atom. The lowest BCUT2D eigenvalue weighted by Gasteiger charge is -2.06. The molecule has 0 aliphatic carbocycles. The predicted octanol–water partition coefficient (Wildman–Crippen LogP) is 1.35. The molecule has 0 aliphatic heterocycles. The van der Waals surface area contributed by atoms with Crippen LogP contribution in [0.3, 0.4) is 0 Å². The molecule has 1 N–H and O–H groups in total. The zero-order chi connectivity index (χ0) is 12.7. The Morgan fingerprint density at radius 1 is 1.29 bits per heavy atom. The third-order valence-corrected chi connectivity index (χ3v) is 2.45. The Bertz CT molecular complexity index is 387. The molecule has 0 saturated carbocycles. The summed E-state index contributed by atoms with van der Waals surface area (Å²) >= 11 is -1.83. The maximum Gasteiger partial charge on any atom is 0.302 e. The first-order chi connectivity index (χ1) is 8.08. The van der Waals surface area contributed by atoms with Crippen LogP contribution in [0.15, 0.2) is 24.3 Å². The van der Waals surface area contributed by atoms with Gasteiger partial charge in [-0.1, -0.05) is 12.1 Å². The summed E-state index contributed by atoms with van der Waals surface area (Å²) in [5.41, 5.74) is 0.762. The van der Waals surface area contributed by atoms with Crippen molar-refractivity contribution in [2.45, 2.75) is 12.7 Å². The van der Waals surface area contributed by atoms with Crippen molar-refractivity contribution in [1.29, 1.82) is 0 Å². The van der Waals surface area contributed by atoms with Crippen LogP contribution < -0.4 is 4.74 Å². The molecule has 17 heavy (non-hydrogen) atoms. The molecule has 94 valence electrons. The maximum atomic E-state index is 10.6. The van der Waals surface area contributed by atoms with E-state index in [-0.39, 0.29) is 24.9 Å². The molecule has 0 spiro atoms.